The Hall–Kier alpha value is -1.73. The number of carbonyl (C=O) groups excluding carboxylic acids is 1. The molecule has 1 fully saturated rings. The molecular weight excluding hydrogens is 278 g/mol. The highest BCUT2D eigenvalue weighted by molar-refractivity contribution is 7.80. The Morgan fingerprint density at radius 3 is 3.20 bits per heavy atom. The van der Waals surface area contributed by atoms with Crippen LogP contribution in [0.2, 0.25) is 0 Å². The standard InChI is InChI=1S/C13H17N3O3S/c1-2-18-13(17)9-4-3-5-15-12(9)16-6-7-19-10(8-16)11(14)20/h3-5,10H,2,6-8H2,1H3,(H2,14,20). The molecule has 0 saturated carbocycles. The van der Waals surface area contributed by atoms with E-state index < -0.39 is 0 Å². The molecule has 0 amide bonds. The number of ether oxygens (including phenoxy) is 2. The Morgan fingerprint density at radius 1 is 1.70 bits per heavy atom. The number of rotatable bonds is 4. The van der Waals surface area contributed by atoms with Gasteiger partial charge in [-0.2, -0.15) is 0 Å². The van der Waals surface area contributed by atoms with Gasteiger partial charge in [-0.05, 0) is 19.1 Å². The van der Waals surface area contributed by atoms with Gasteiger partial charge in [-0.25, -0.2) is 9.78 Å². The largest absolute Gasteiger partial charge is 0.462 e. The highest BCUT2D eigenvalue weighted by Crippen LogP contribution is 2.21. The summed E-state index contributed by atoms with van der Waals surface area (Å²) >= 11 is 4.96. The fourth-order valence-corrected chi connectivity index (χ4v) is 2.17. The first-order chi connectivity index (χ1) is 9.63. The van der Waals surface area contributed by atoms with Crippen LogP contribution in [0.15, 0.2) is 18.3 Å². The van der Waals surface area contributed by atoms with E-state index in [4.69, 9.17) is 27.4 Å². The van der Waals surface area contributed by atoms with E-state index in [-0.39, 0.29) is 12.1 Å². The van der Waals surface area contributed by atoms with Gasteiger partial charge in [0, 0.05) is 12.7 Å². The van der Waals surface area contributed by atoms with Crippen molar-refractivity contribution in [3.8, 4) is 0 Å². The molecule has 1 unspecified atom stereocenters. The van der Waals surface area contributed by atoms with Crippen molar-refractivity contribution in [2.75, 3.05) is 31.2 Å². The molecule has 0 radical (unpaired) electrons. The highest BCUT2D eigenvalue weighted by atomic mass is 32.1. The lowest BCUT2D eigenvalue weighted by Crippen LogP contribution is -2.48. The third-order valence-corrected chi connectivity index (χ3v) is 3.23. The summed E-state index contributed by atoms with van der Waals surface area (Å²) in [5.74, 6) is 0.199. The molecule has 0 aromatic carbocycles. The number of carbonyl (C=O) groups is 1. The number of pyridine rings is 1. The van der Waals surface area contributed by atoms with Gasteiger partial charge in [-0.1, -0.05) is 12.2 Å². The van der Waals surface area contributed by atoms with Crippen molar-refractivity contribution in [1.82, 2.24) is 4.98 Å². The predicted molar refractivity (Wildman–Crippen MR) is 78.9 cm³/mol. The van der Waals surface area contributed by atoms with Crippen molar-refractivity contribution in [3.05, 3.63) is 23.9 Å². The minimum absolute atomic E-state index is 0.309. The van der Waals surface area contributed by atoms with Gasteiger partial charge >= 0.3 is 5.97 Å². The van der Waals surface area contributed by atoms with Crippen LogP contribution < -0.4 is 10.6 Å². The molecule has 1 aliphatic heterocycles. The Bertz CT molecular complexity index is 509. The molecule has 2 N–H and O–H groups in total. The second-order valence-electron chi connectivity index (χ2n) is 4.30. The highest BCUT2D eigenvalue weighted by Gasteiger charge is 2.26. The summed E-state index contributed by atoms with van der Waals surface area (Å²) in [7, 11) is 0. The first-order valence-corrected chi connectivity index (χ1v) is 6.82. The van der Waals surface area contributed by atoms with Crippen molar-refractivity contribution in [2.45, 2.75) is 13.0 Å². The first-order valence-electron chi connectivity index (χ1n) is 6.41. The molecule has 1 atom stereocenters. The molecule has 0 aliphatic carbocycles. The molecule has 1 aromatic heterocycles. The average Bonchev–Trinajstić information content (AvgIpc) is 2.47. The minimum Gasteiger partial charge on any atom is -0.462 e. The summed E-state index contributed by atoms with van der Waals surface area (Å²) in [6.45, 7) is 3.69. The zero-order valence-electron chi connectivity index (χ0n) is 11.2. The lowest BCUT2D eigenvalue weighted by molar-refractivity contribution is 0.0524. The summed E-state index contributed by atoms with van der Waals surface area (Å²) in [6.07, 6.45) is 1.32. The third kappa shape index (κ3) is 3.23. The summed E-state index contributed by atoms with van der Waals surface area (Å²) in [5, 5.41) is 0. The fourth-order valence-electron chi connectivity index (χ4n) is 2.03. The van der Waals surface area contributed by atoms with Crippen LogP contribution in [0.5, 0.6) is 0 Å². The maximum Gasteiger partial charge on any atom is 0.341 e. The van der Waals surface area contributed by atoms with Gasteiger partial charge in [0.05, 0.1) is 19.8 Å². The molecule has 2 rings (SSSR count). The molecule has 1 aliphatic rings. The molecule has 108 valence electrons. The van der Waals surface area contributed by atoms with Gasteiger partial charge < -0.3 is 20.1 Å². The van der Waals surface area contributed by atoms with Gasteiger partial charge in [-0.15, -0.1) is 0 Å². The van der Waals surface area contributed by atoms with Crippen molar-refractivity contribution in [1.29, 1.82) is 0 Å². The van der Waals surface area contributed by atoms with Crippen molar-refractivity contribution >= 4 is 29.0 Å². The molecule has 20 heavy (non-hydrogen) atoms. The monoisotopic (exact) mass is 295 g/mol. The Kier molecular flexibility index (Phi) is 4.86. The lowest BCUT2D eigenvalue weighted by atomic mass is 10.2. The van der Waals surface area contributed by atoms with E-state index in [1.54, 1.807) is 25.3 Å². The van der Waals surface area contributed by atoms with Crippen LogP contribution in [0.1, 0.15) is 17.3 Å². The number of thiocarbonyl (C=S) groups is 1. The number of nitrogens with two attached hydrogens (primary N) is 1. The molecule has 7 heteroatoms. The third-order valence-electron chi connectivity index (χ3n) is 2.97. The quantitative estimate of drug-likeness (QED) is 0.648. The summed E-state index contributed by atoms with van der Waals surface area (Å²) < 4.78 is 10.5. The minimum atomic E-state index is -0.381. The number of morpholine rings is 1. The van der Waals surface area contributed by atoms with Gasteiger partial charge in [-0.3, -0.25) is 0 Å². The summed E-state index contributed by atoms with van der Waals surface area (Å²) in [4.78, 5) is 18.5. The molecular formula is C13H17N3O3S. The Morgan fingerprint density at radius 2 is 2.50 bits per heavy atom. The van der Waals surface area contributed by atoms with E-state index in [9.17, 15) is 4.79 Å². The second kappa shape index (κ2) is 6.62. The maximum atomic E-state index is 12.0. The number of aromatic nitrogens is 1. The zero-order chi connectivity index (χ0) is 14.5. The zero-order valence-corrected chi connectivity index (χ0v) is 12.1. The number of hydrogen-bond donors (Lipinski definition) is 1. The van der Waals surface area contributed by atoms with E-state index in [2.05, 4.69) is 4.98 Å². The molecule has 1 saturated heterocycles. The van der Waals surface area contributed by atoms with E-state index in [0.717, 1.165) is 0 Å². The normalized spacial score (nSPS) is 18.6. The molecule has 2 heterocycles. The summed E-state index contributed by atoms with van der Waals surface area (Å²) in [5.41, 5.74) is 6.06. The number of hydrogen-bond acceptors (Lipinski definition) is 6. The SMILES string of the molecule is CCOC(=O)c1cccnc1N1CCOC(C(N)=S)C1. The van der Waals surface area contributed by atoms with Gasteiger partial charge in [0.25, 0.3) is 0 Å². The maximum absolute atomic E-state index is 12.0. The first kappa shape index (κ1) is 14.7. The summed E-state index contributed by atoms with van der Waals surface area (Å²) in [6, 6.07) is 3.41. The second-order valence-corrected chi connectivity index (χ2v) is 4.77. The Labute approximate surface area is 122 Å². The van der Waals surface area contributed by atoms with Crippen molar-refractivity contribution in [2.24, 2.45) is 5.73 Å². The van der Waals surface area contributed by atoms with E-state index in [1.807, 2.05) is 4.90 Å². The van der Waals surface area contributed by atoms with Crippen LogP contribution in [0.4, 0.5) is 5.82 Å². The van der Waals surface area contributed by atoms with Gasteiger partial charge in [0.15, 0.2) is 0 Å². The van der Waals surface area contributed by atoms with E-state index in [0.29, 0.717) is 42.7 Å². The topological polar surface area (TPSA) is 77.7 Å². The molecule has 6 nitrogen and oxygen atoms in total. The van der Waals surface area contributed by atoms with Crippen LogP contribution in [0.3, 0.4) is 0 Å². The van der Waals surface area contributed by atoms with Crippen LogP contribution in [0.25, 0.3) is 0 Å². The van der Waals surface area contributed by atoms with Gasteiger partial charge in [0.1, 0.15) is 22.5 Å². The predicted octanol–water partition coefficient (Wildman–Crippen LogP) is 0.750. The van der Waals surface area contributed by atoms with Crippen LogP contribution in [-0.4, -0.2) is 48.3 Å². The molecule has 0 spiro atoms. The lowest BCUT2D eigenvalue weighted by Gasteiger charge is -2.33. The number of anilines is 1. The fraction of sp³-hybridized carbons (Fsp3) is 0.462. The van der Waals surface area contributed by atoms with E-state index >= 15 is 0 Å². The van der Waals surface area contributed by atoms with Crippen molar-refractivity contribution in [3.63, 3.8) is 0 Å². The number of esters is 1. The van der Waals surface area contributed by atoms with Crippen LogP contribution >= 0.6 is 12.2 Å². The van der Waals surface area contributed by atoms with E-state index in [1.165, 1.54) is 0 Å². The number of nitrogens with zero attached hydrogens (tertiary/aromatic N) is 2. The average molecular weight is 295 g/mol. The molecule has 1 aromatic rings. The van der Waals surface area contributed by atoms with Gasteiger partial charge in [0.2, 0.25) is 0 Å². The van der Waals surface area contributed by atoms with Crippen molar-refractivity contribution < 1.29 is 14.3 Å². The molecule has 0 bridgehead atoms. The Balaban J connectivity index is 2.23. The van der Waals surface area contributed by atoms with Crippen LogP contribution in [0, 0.1) is 0 Å². The van der Waals surface area contributed by atoms with Crippen LogP contribution in [-0.2, 0) is 9.47 Å². The smallest absolute Gasteiger partial charge is 0.341 e.